The first kappa shape index (κ1) is 32.2. The molecule has 0 bridgehead atoms. The molecule has 2 aromatic rings. The van der Waals surface area contributed by atoms with Crippen molar-refractivity contribution in [3.8, 4) is 0 Å². The van der Waals surface area contributed by atoms with Crippen LogP contribution >= 0.6 is 0 Å². The minimum absolute atomic E-state index is 0.00385. The average molecular weight is 617 g/mol. The SMILES string of the molecule is CC(NC(=O)c1cn(C2(C(F)F)CC2)c(=O)cc1N[C@H]1CCN(C(=O)OC(C)(C)C)C[C@H]1F)c1cccc(C(F)F)c1F. The Morgan fingerprint density at radius 2 is 1.77 bits per heavy atom. The van der Waals surface area contributed by atoms with Gasteiger partial charge in [0, 0.05) is 24.4 Å². The number of likely N-dealkylation sites (tertiary alicyclic amines) is 1. The molecule has 2 heterocycles. The van der Waals surface area contributed by atoms with Gasteiger partial charge in [0.1, 0.15) is 23.1 Å². The molecule has 8 nitrogen and oxygen atoms in total. The number of rotatable bonds is 8. The number of carbonyl (C=O) groups excluding carboxylic acids is 2. The number of hydrogen-bond acceptors (Lipinski definition) is 5. The van der Waals surface area contributed by atoms with Gasteiger partial charge in [-0.3, -0.25) is 9.59 Å². The van der Waals surface area contributed by atoms with Gasteiger partial charge >= 0.3 is 6.09 Å². The number of amides is 2. The molecule has 1 unspecified atom stereocenters. The molecule has 3 atom stereocenters. The van der Waals surface area contributed by atoms with E-state index in [9.17, 15) is 36.3 Å². The molecule has 4 rings (SSSR count). The minimum Gasteiger partial charge on any atom is -0.444 e. The van der Waals surface area contributed by atoms with Gasteiger partial charge in [-0.1, -0.05) is 18.2 Å². The average Bonchev–Trinajstić information content (AvgIpc) is 3.71. The van der Waals surface area contributed by atoms with E-state index in [4.69, 9.17) is 4.74 Å². The monoisotopic (exact) mass is 616 g/mol. The molecule has 1 saturated carbocycles. The summed E-state index contributed by atoms with van der Waals surface area (Å²) in [7, 11) is 0. The Hall–Kier alpha value is -3.71. The summed E-state index contributed by atoms with van der Waals surface area (Å²) >= 11 is 0. The lowest BCUT2D eigenvalue weighted by atomic mass is 10.0. The third-order valence-corrected chi connectivity index (χ3v) is 7.59. The summed E-state index contributed by atoms with van der Waals surface area (Å²) in [6, 6.07) is 2.15. The van der Waals surface area contributed by atoms with Gasteiger partial charge in [0.25, 0.3) is 24.3 Å². The summed E-state index contributed by atoms with van der Waals surface area (Å²) in [6.45, 7) is 6.12. The molecule has 14 heteroatoms. The fourth-order valence-electron chi connectivity index (χ4n) is 5.06. The van der Waals surface area contributed by atoms with Gasteiger partial charge in [0.15, 0.2) is 0 Å². The Morgan fingerprint density at radius 3 is 2.33 bits per heavy atom. The highest BCUT2D eigenvalue weighted by molar-refractivity contribution is 5.99. The molecule has 1 aliphatic heterocycles. The van der Waals surface area contributed by atoms with Gasteiger partial charge in [-0.05, 0) is 47.0 Å². The number of nitrogens with one attached hydrogen (secondary N) is 2. The van der Waals surface area contributed by atoms with Crippen LogP contribution in [-0.2, 0) is 10.3 Å². The zero-order valence-electron chi connectivity index (χ0n) is 24.1. The van der Waals surface area contributed by atoms with E-state index in [2.05, 4.69) is 10.6 Å². The van der Waals surface area contributed by atoms with Crippen LogP contribution in [0.5, 0.6) is 0 Å². The Labute approximate surface area is 244 Å². The van der Waals surface area contributed by atoms with E-state index in [1.165, 1.54) is 24.0 Å². The van der Waals surface area contributed by atoms with Crippen molar-refractivity contribution >= 4 is 17.7 Å². The number of halogens is 6. The van der Waals surface area contributed by atoms with Gasteiger partial charge in [-0.2, -0.15) is 0 Å². The molecule has 1 aliphatic carbocycles. The molecule has 2 amide bonds. The summed E-state index contributed by atoms with van der Waals surface area (Å²) in [5, 5.41) is 5.29. The molecule has 0 spiro atoms. The second-order valence-electron chi connectivity index (χ2n) is 11.9. The second-order valence-corrected chi connectivity index (χ2v) is 11.9. The van der Waals surface area contributed by atoms with Crippen molar-refractivity contribution in [3.05, 3.63) is 63.3 Å². The van der Waals surface area contributed by atoms with Gasteiger partial charge in [-0.15, -0.1) is 0 Å². The maximum atomic E-state index is 15.3. The first-order chi connectivity index (χ1) is 20.0. The Bertz CT molecular complexity index is 1420. The largest absolute Gasteiger partial charge is 0.444 e. The van der Waals surface area contributed by atoms with Crippen LogP contribution in [0.25, 0.3) is 0 Å². The second kappa shape index (κ2) is 12.1. The maximum absolute atomic E-state index is 15.3. The number of piperidine rings is 1. The molecule has 1 aromatic heterocycles. The van der Waals surface area contributed by atoms with Gasteiger partial charge < -0.3 is 24.8 Å². The third-order valence-electron chi connectivity index (χ3n) is 7.59. The minimum atomic E-state index is -3.10. The Kier molecular flexibility index (Phi) is 9.08. The van der Waals surface area contributed by atoms with Crippen molar-refractivity contribution in [2.45, 2.75) is 89.2 Å². The number of ether oxygens (including phenoxy) is 1. The number of benzene rings is 1. The van der Waals surface area contributed by atoms with Gasteiger partial charge in [0.05, 0.1) is 35.4 Å². The van der Waals surface area contributed by atoms with Crippen LogP contribution in [-0.4, -0.2) is 58.8 Å². The van der Waals surface area contributed by atoms with Crippen LogP contribution in [0.1, 0.15) is 80.9 Å². The number of hydrogen-bond donors (Lipinski definition) is 2. The van der Waals surface area contributed by atoms with Crippen molar-refractivity contribution in [3.63, 3.8) is 0 Å². The van der Waals surface area contributed by atoms with E-state index >= 15 is 4.39 Å². The normalized spacial score (nSPS) is 20.6. The fourth-order valence-corrected chi connectivity index (χ4v) is 5.06. The van der Waals surface area contributed by atoms with Gasteiger partial charge in [-0.25, -0.2) is 31.1 Å². The van der Waals surface area contributed by atoms with Crippen molar-refractivity contribution in [2.75, 3.05) is 18.4 Å². The number of nitrogens with zero attached hydrogens (tertiary/aromatic N) is 2. The molecular formula is C29H34F6N4O4. The van der Waals surface area contributed by atoms with Crippen molar-refractivity contribution in [1.82, 2.24) is 14.8 Å². The molecule has 0 radical (unpaired) electrons. The number of carbonyl (C=O) groups is 2. The van der Waals surface area contributed by atoms with Crippen LogP contribution in [0, 0.1) is 5.82 Å². The zero-order valence-corrected chi connectivity index (χ0v) is 24.1. The summed E-state index contributed by atoms with van der Waals surface area (Å²) in [5.74, 6) is -2.14. The maximum Gasteiger partial charge on any atom is 0.410 e. The Morgan fingerprint density at radius 1 is 1.12 bits per heavy atom. The number of aromatic nitrogens is 1. The summed E-state index contributed by atoms with van der Waals surface area (Å²) in [6.07, 6.45) is -7.34. The zero-order chi connectivity index (χ0) is 31.9. The highest BCUT2D eigenvalue weighted by Crippen LogP contribution is 2.48. The van der Waals surface area contributed by atoms with Crippen molar-refractivity contribution in [2.24, 2.45) is 0 Å². The van der Waals surface area contributed by atoms with Crippen LogP contribution in [0.3, 0.4) is 0 Å². The van der Waals surface area contributed by atoms with E-state index in [1.807, 2.05) is 0 Å². The third kappa shape index (κ3) is 6.93. The fraction of sp³-hybridized carbons (Fsp3) is 0.552. The van der Waals surface area contributed by atoms with Gasteiger partial charge in [0.2, 0.25) is 0 Å². The molecule has 43 heavy (non-hydrogen) atoms. The first-order valence-corrected chi connectivity index (χ1v) is 13.8. The highest BCUT2D eigenvalue weighted by atomic mass is 19.3. The van der Waals surface area contributed by atoms with Crippen LogP contribution in [0.15, 0.2) is 35.3 Å². The molecule has 236 valence electrons. The predicted molar refractivity (Wildman–Crippen MR) is 146 cm³/mol. The Balaban J connectivity index is 1.62. The van der Waals surface area contributed by atoms with E-state index in [0.717, 1.165) is 22.9 Å². The smallest absolute Gasteiger partial charge is 0.410 e. The lowest BCUT2D eigenvalue weighted by Crippen LogP contribution is -2.51. The summed E-state index contributed by atoms with van der Waals surface area (Å²) < 4.78 is 90.4. The molecule has 1 saturated heterocycles. The van der Waals surface area contributed by atoms with Crippen LogP contribution in [0.4, 0.5) is 36.8 Å². The number of alkyl halides is 5. The summed E-state index contributed by atoms with van der Waals surface area (Å²) in [4.78, 5) is 40.0. The highest BCUT2D eigenvalue weighted by Gasteiger charge is 2.53. The lowest BCUT2D eigenvalue weighted by Gasteiger charge is -2.36. The lowest BCUT2D eigenvalue weighted by molar-refractivity contribution is 0.0125. The molecule has 2 aliphatic rings. The van der Waals surface area contributed by atoms with E-state index in [0.29, 0.717) is 0 Å². The quantitative estimate of drug-likeness (QED) is 0.359. The van der Waals surface area contributed by atoms with Crippen molar-refractivity contribution in [1.29, 1.82) is 0 Å². The topological polar surface area (TPSA) is 92.7 Å². The van der Waals surface area contributed by atoms with E-state index in [1.54, 1.807) is 20.8 Å². The number of pyridine rings is 1. The number of anilines is 1. The molecule has 2 N–H and O–H groups in total. The predicted octanol–water partition coefficient (Wildman–Crippen LogP) is 5.93. The first-order valence-electron chi connectivity index (χ1n) is 13.8. The van der Waals surface area contributed by atoms with Crippen LogP contribution in [0.2, 0.25) is 0 Å². The van der Waals surface area contributed by atoms with E-state index < -0.39 is 71.2 Å². The van der Waals surface area contributed by atoms with Crippen LogP contribution < -0.4 is 16.2 Å². The standard InChI is InChI=1S/C29H34F6N4O4/c1-15(16-6-5-7-17(23(16)31)24(32)33)36-25(41)18-13-39(29(9-10-29)26(34)35)22(40)12-21(18)37-20-8-11-38(14-19(20)30)27(42)43-28(2,3)4/h5-7,12-13,15,19-20,24,26,37H,8-11,14H2,1-4H3,(H,36,41)/t15?,19-,20+/m1/s1. The molecule has 1 aromatic carbocycles. The molecule has 2 fully saturated rings. The summed E-state index contributed by atoms with van der Waals surface area (Å²) in [5.41, 5.74) is -4.98. The molecular weight excluding hydrogens is 582 g/mol. The van der Waals surface area contributed by atoms with E-state index in [-0.39, 0.29) is 49.2 Å². The van der Waals surface area contributed by atoms with Crippen molar-refractivity contribution < 1.29 is 40.7 Å².